The Bertz CT molecular complexity index is 851. The summed E-state index contributed by atoms with van der Waals surface area (Å²) in [5.41, 5.74) is 5.91. The second-order valence-electron chi connectivity index (χ2n) is 5.69. The van der Waals surface area contributed by atoms with E-state index in [9.17, 15) is 19.7 Å². The molecule has 3 rings (SSSR count). The molecule has 0 bridgehead atoms. The Morgan fingerprint density at radius 2 is 2.12 bits per heavy atom. The number of aromatic amines is 1. The Labute approximate surface area is 143 Å². The molecule has 1 unspecified atom stereocenters. The van der Waals surface area contributed by atoms with Crippen LogP contribution in [0.2, 0.25) is 0 Å². The van der Waals surface area contributed by atoms with E-state index in [1.165, 1.54) is 24.3 Å². The number of carbonyl (C=O) groups is 1. The molecule has 128 valence electrons. The van der Waals surface area contributed by atoms with Crippen LogP contribution in [0.15, 0.2) is 29.1 Å². The van der Waals surface area contributed by atoms with Crippen molar-refractivity contribution in [1.29, 1.82) is 0 Å². The predicted molar refractivity (Wildman–Crippen MR) is 91.6 cm³/mol. The van der Waals surface area contributed by atoms with Crippen LogP contribution in [0.1, 0.15) is 23.2 Å². The van der Waals surface area contributed by atoms with E-state index < -0.39 is 10.5 Å². The fourth-order valence-corrected chi connectivity index (χ4v) is 2.90. The summed E-state index contributed by atoms with van der Waals surface area (Å²) in [5.74, 6) is -0.322. The number of non-ortho nitro benzene ring substituents is 1. The predicted octanol–water partition coefficient (Wildman–Crippen LogP) is 1.42. The Balaban J connectivity index is 0.00000208. The fourth-order valence-electron chi connectivity index (χ4n) is 2.90. The van der Waals surface area contributed by atoms with Gasteiger partial charge in [0.2, 0.25) is 5.56 Å². The van der Waals surface area contributed by atoms with Crippen LogP contribution in [0.5, 0.6) is 0 Å². The highest BCUT2D eigenvalue weighted by Gasteiger charge is 2.24. The van der Waals surface area contributed by atoms with Gasteiger partial charge in [0.15, 0.2) is 0 Å². The Morgan fingerprint density at radius 1 is 1.38 bits per heavy atom. The van der Waals surface area contributed by atoms with Crippen molar-refractivity contribution in [2.75, 3.05) is 13.1 Å². The number of carbonyl (C=O) groups excluding carboxylic acids is 1. The Morgan fingerprint density at radius 3 is 2.79 bits per heavy atom. The first kappa shape index (κ1) is 17.9. The second-order valence-corrected chi connectivity index (χ2v) is 5.69. The van der Waals surface area contributed by atoms with Crippen molar-refractivity contribution in [3.63, 3.8) is 0 Å². The molecule has 1 aliphatic heterocycles. The Kier molecular flexibility index (Phi) is 5.20. The number of hydrogen-bond acceptors (Lipinski definition) is 5. The highest BCUT2D eigenvalue weighted by molar-refractivity contribution is 6.06. The lowest BCUT2D eigenvalue weighted by molar-refractivity contribution is -0.384. The minimum Gasteiger partial charge on any atom is -0.337 e. The second kappa shape index (κ2) is 6.98. The molecule has 3 N–H and O–H groups in total. The highest BCUT2D eigenvalue weighted by atomic mass is 35.5. The summed E-state index contributed by atoms with van der Waals surface area (Å²) in [6.45, 7) is 0.984. The quantitative estimate of drug-likeness (QED) is 0.625. The van der Waals surface area contributed by atoms with Crippen molar-refractivity contribution in [1.82, 2.24) is 9.88 Å². The third kappa shape index (κ3) is 3.39. The van der Waals surface area contributed by atoms with Crippen molar-refractivity contribution in [2.24, 2.45) is 5.73 Å². The number of hydrogen-bond donors (Lipinski definition) is 2. The summed E-state index contributed by atoms with van der Waals surface area (Å²) < 4.78 is 0. The van der Waals surface area contributed by atoms with Gasteiger partial charge >= 0.3 is 0 Å². The largest absolute Gasteiger partial charge is 0.337 e. The summed E-state index contributed by atoms with van der Waals surface area (Å²) in [5, 5.41) is 11.3. The zero-order valence-electron chi connectivity index (χ0n) is 12.7. The van der Waals surface area contributed by atoms with Gasteiger partial charge in [0, 0.05) is 48.2 Å². The molecule has 0 spiro atoms. The molecule has 1 amide bonds. The van der Waals surface area contributed by atoms with Gasteiger partial charge in [0.05, 0.1) is 10.5 Å². The molecule has 1 atom stereocenters. The molecular weight excluding hydrogens is 336 g/mol. The van der Waals surface area contributed by atoms with Crippen LogP contribution < -0.4 is 11.3 Å². The number of nitro benzene ring substituents is 1. The van der Waals surface area contributed by atoms with Gasteiger partial charge in [-0.3, -0.25) is 19.7 Å². The third-order valence-corrected chi connectivity index (χ3v) is 4.01. The van der Waals surface area contributed by atoms with Gasteiger partial charge in [0.1, 0.15) is 0 Å². The van der Waals surface area contributed by atoms with E-state index in [4.69, 9.17) is 5.73 Å². The topological polar surface area (TPSA) is 122 Å². The molecule has 1 saturated heterocycles. The molecule has 1 fully saturated rings. The van der Waals surface area contributed by atoms with Gasteiger partial charge in [-0.15, -0.1) is 12.4 Å². The van der Waals surface area contributed by atoms with E-state index in [1.807, 2.05) is 0 Å². The van der Waals surface area contributed by atoms with Gasteiger partial charge < -0.3 is 15.6 Å². The molecular formula is C15H17ClN4O4. The number of fused-ring (bicyclic) bond motifs is 1. The standard InChI is InChI=1S/C15H16N4O4.ClH/c16-9-2-1-5-18(8-9)15(21)12-7-14(20)17-13-4-3-10(19(22)23)6-11(12)13;/h3-4,6-7,9H,1-2,5,8,16H2,(H,17,20);1H. The fraction of sp³-hybridized carbons (Fsp3) is 0.333. The molecule has 9 heteroatoms. The smallest absolute Gasteiger partial charge is 0.270 e. The summed E-state index contributed by atoms with van der Waals surface area (Å²) in [6, 6.07) is 5.14. The molecule has 2 aromatic rings. The molecule has 0 aliphatic carbocycles. The Hall–Kier alpha value is -2.45. The van der Waals surface area contributed by atoms with Crippen LogP contribution in [0, 0.1) is 10.1 Å². The van der Waals surface area contributed by atoms with Crippen LogP contribution in [0.25, 0.3) is 10.9 Å². The zero-order chi connectivity index (χ0) is 16.6. The number of likely N-dealkylation sites (tertiary alicyclic amines) is 1. The van der Waals surface area contributed by atoms with Crippen molar-refractivity contribution >= 4 is 34.9 Å². The third-order valence-electron chi connectivity index (χ3n) is 4.01. The lowest BCUT2D eigenvalue weighted by Gasteiger charge is -2.31. The molecule has 1 aliphatic rings. The first-order chi connectivity index (χ1) is 11.0. The minimum absolute atomic E-state index is 0. The zero-order valence-corrected chi connectivity index (χ0v) is 13.5. The number of pyridine rings is 1. The molecule has 0 radical (unpaired) electrons. The van der Waals surface area contributed by atoms with E-state index in [-0.39, 0.29) is 35.6 Å². The van der Waals surface area contributed by atoms with Crippen LogP contribution in [0.4, 0.5) is 5.69 Å². The number of nitro groups is 1. The monoisotopic (exact) mass is 352 g/mol. The molecule has 8 nitrogen and oxygen atoms in total. The van der Waals surface area contributed by atoms with E-state index in [0.29, 0.717) is 24.0 Å². The van der Waals surface area contributed by atoms with Gasteiger partial charge in [-0.25, -0.2) is 0 Å². The first-order valence-corrected chi connectivity index (χ1v) is 7.32. The van der Waals surface area contributed by atoms with Gasteiger partial charge in [-0.2, -0.15) is 0 Å². The van der Waals surface area contributed by atoms with Crippen LogP contribution in [-0.4, -0.2) is 39.8 Å². The average Bonchev–Trinajstić information content (AvgIpc) is 2.52. The molecule has 2 heterocycles. The molecule has 24 heavy (non-hydrogen) atoms. The van der Waals surface area contributed by atoms with Crippen molar-refractivity contribution < 1.29 is 9.72 Å². The van der Waals surface area contributed by atoms with E-state index >= 15 is 0 Å². The van der Waals surface area contributed by atoms with Crippen LogP contribution in [0.3, 0.4) is 0 Å². The van der Waals surface area contributed by atoms with E-state index in [1.54, 1.807) is 4.90 Å². The number of rotatable bonds is 2. The minimum atomic E-state index is -0.532. The number of aromatic nitrogens is 1. The number of halogens is 1. The summed E-state index contributed by atoms with van der Waals surface area (Å²) in [4.78, 5) is 39.1. The van der Waals surface area contributed by atoms with Crippen LogP contribution >= 0.6 is 12.4 Å². The molecule has 0 saturated carbocycles. The number of nitrogens with one attached hydrogen (secondary N) is 1. The maximum absolute atomic E-state index is 12.7. The normalized spacial score (nSPS) is 17.4. The summed E-state index contributed by atoms with van der Waals surface area (Å²) in [7, 11) is 0. The van der Waals surface area contributed by atoms with E-state index in [0.717, 1.165) is 12.8 Å². The lowest BCUT2D eigenvalue weighted by atomic mass is 10.0. The van der Waals surface area contributed by atoms with E-state index in [2.05, 4.69) is 4.98 Å². The van der Waals surface area contributed by atoms with Crippen LogP contribution in [-0.2, 0) is 0 Å². The maximum atomic E-state index is 12.7. The lowest BCUT2D eigenvalue weighted by Crippen LogP contribution is -2.45. The van der Waals surface area contributed by atoms with Crippen molar-refractivity contribution in [3.05, 3.63) is 50.3 Å². The molecule has 1 aromatic heterocycles. The van der Waals surface area contributed by atoms with Gasteiger partial charge in [-0.1, -0.05) is 0 Å². The van der Waals surface area contributed by atoms with Crippen molar-refractivity contribution in [2.45, 2.75) is 18.9 Å². The van der Waals surface area contributed by atoms with Crippen molar-refractivity contribution in [3.8, 4) is 0 Å². The number of nitrogens with two attached hydrogens (primary N) is 1. The number of nitrogens with zero attached hydrogens (tertiary/aromatic N) is 2. The summed E-state index contributed by atoms with van der Waals surface area (Å²) in [6.07, 6.45) is 1.65. The first-order valence-electron chi connectivity index (χ1n) is 7.32. The number of piperidine rings is 1. The average molecular weight is 353 g/mol. The summed E-state index contributed by atoms with van der Waals surface area (Å²) >= 11 is 0. The number of H-pyrrole nitrogens is 1. The SMILES string of the molecule is Cl.NC1CCCN(C(=O)c2cc(=O)[nH]c3ccc([N+](=O)[O-])cc23)C1. The van der Waals surface area contributed by atoms with Gasteiger partial charge in [0.25, 0.3) is 11.6 Å². The number of benzene rings is 1. The van der Waals surface area contributed by atoms with Gasteiger partial charge in [-0.05, 0) is 18.9 Å². The number of amides is 1. The highest BCUT2D eigenvalue weighted by Crippen LogP contribution is 2.23. The molecule has 1 aromatic carbocycles. The maximum Gasteiger partial charge on any atom is 0.270 e.